The van der Waals surface area contributed by atoms with E-state index in [0.717, 1.165) is 12.1 Å². The van der Waals surface area contributed by atoms with Crippen molar-refractivity contribution >= 4 is 35.3 Å². The van der Waals surface area contributed by atoms with Crippen molar-refractivity contribution in [1.82, 2.24) is 25.4 Å². The minimum Gasteiger partial charge on any atom is -0.368 e. The molecule has 0 bridgehead atoms. The summed E-state index contributed by atoms with van der Waals surface area (Å²) in [6, 6.07) is 8.40. The molecule has 0 spiro atoms. The molecular weight excluding hydrogens is 448 g/mol. The number of hydrogen-bond acceptors (Lipinski definition) is 7. The number of benzene rings is 2. The van der Waals surface area contributed by atoms with Crippen molar-refractivity contribution in [2.75, 3.05) is 24.6 Å². The van der Waals surface area contributed by atoms with E-state index in [4.69, 9.17) is 5.73 Å². The number of rotatable bonds is 8. The lowest BCUT2D eigenvalue weighted by Gasteiger charge is -2.09. The Morgan fingerprint density at radius 2 is 1.85 bits per heavy atom. The summed E-state index contributed by atoms with van der Waals surface area (Å²) < 4.78 is 29.9. The fraction of sp³-hybridized carbons (Fsp3) is 0.136. The maximum absolute atomic E-state index is 14.9. The Labute approximate surface area is 192 Å². The molecule has 0 aliphatic carbocycles. The Kier molecular flexibility index (Phi) is 7.31. The highest BCUT2D eigenvalue weighted by atomic mass is 19.1. The minimum atomic E-state index is -1.15. The first-order chi connectivity index (χ1) is 16.2. The number of amides is 2. The van der Waals surface area contributed by atoms with Crippen LogP contribution in [0.1, 0.15) is 26.3 Å². The molecule has 12 heteroatoms. The average Bonchev–Trinajstić information content (AvgIpc) is 3.20. The van der Waals surface area contributed by atoms with Gasteiger partial charge in [-0.3, -0.25) is 14.4 Å². The summed E-state index contributed by atoms with van der Waals surface area (Å²) in [6.07, 6.45) is 1.07. The molecule has 0 fully saturated rings. The van der Waals surface area contributed by atoms with Crippen molar-refractivity contribution in [3.63, 3.8) is 0 Å². The van der Waals surface area contributed by atoms with E-state index in [2.05, 4.69) is 32.6 Å². The van der Waals surface area contributed by atoms with Gasteiger partial charge in [-0.15, -0.1) is 5.10 Å². The third kappa shape index (κ3) is 5.23. The van der Waals surface area contributed by atoms with Crippen molar-refractivity contribution in [1.29, 1.82) is 0 Å². The monoisotopic (exact) mass is 469 g/mol. The zero-order valence-corrected chi connectivity index (χ0v) is 18.1. The van der Waals surface area contributed by atoms with Crippen molar-refractivity contribution in [3.8, 4) is 0 Å². The van der Waals surface area contributed by atoms with Gasteiger partial charge < -0.3 is 21.7 Å². The van der Waals surface area contributed by atoms with Crippen molar-refractivity contribution in [2.24, 2.45) is 0 Å². The summed E-state index contributed by atoms with van der Waals surface area (Å²) >= 11 is 0. The zero-order valence-electron chi connectivity index (χ0n) is 18.1. The van der Waals surface area contributed by atoms with E-state index in [1.807, 2.05) is 0 Å². The number of aromatic nitrogens is 3. The molecule has 34 heavy (non-hydrogen) atoms. The summed E-state index contributed by atoms with van der Waals surface area (Å²) in [6.45, 7) is 3.36. The highest BCUT2D eigenvalue weighted by molar-refractivity contribution is 5.97. The van der Waals surface area contributed by atoms with Crippen LogP contribution in [0.5, 0.6) is 0 Å². The van der Waals surface area contributed by atoms with Gasteiger partial charge in [0.05, 0.1) is 0 Å². The number of halogens is 2. The molecule has 0 atom stereocenters. The number of nitrogens with one attached hydrogen (secondary N) is 3. The third-order valence-corrected chi connectivity index (χ3v) is 4.72. The number of nitrogens with zero attached hydrogens (tertiary/aromatic N) is 3. The number of nitrogens with two attached hydrogens (primary N) is 1. The first-order valence-corrected chi connectivity index (χ1v) is 9.98. The van der Waals surface area contributed by atoms with Crippen LogP contribution in [0.4, 0.5) is 26.4 Å². The predicted octanol–water partition coefficient (Wildman–Crippen LogP) is 1.77. The first-order valence-electron chi connectivity index (χ1n) is 9.98. The van der Waals surface area contributed by atoms with Gasteiger partial charge in [-0.05, 0) is 48.4 Å². The summed E-state index contributed by atoms with van der Waals surface area (Å²) in [5.41, 5.74) is 5.83. The largest absolute Gasteiger partial charge is 0.368 e. The molecule has 2 aromatic carbocycles. The van der Waals surface area contributed by atoms with Gasteiger partial charge in [-0.1, -0.05) is 12.6 Å². The van der Waals surface area contributed by atoms with Gasteiger partial charge in [-0.2, -0.15) is 9.67 Å². The molecular formula is C22H21F2N7O3. The molecule has 0 aliphatic heterocycles. The van der Waals surface area contributed by atoms with Gasteiger partial charge in [0.2, 0.25) is 17.8 Å². The summed E-state index contributed by atoms with van der Waals surface area (Å²) in [5, 5.41) is 11.7. The molecule has 3 aromatic rings. The standard InChI is InChI=1S/C22H21F2N7O3/c1-3-16(32)27-11-10-12-6-9-15(23)17(18(12)24)20(34)31-21(25)29-22(30-31)28-14-7-4-13(5-8-14)19(33)26-2/h3-9H,1,10-11H2,2H3,(H,26,33)(H,27,32)(H3,25,28,29,30). The van der Waals surface area contributed by atoms with E-state index in [1.54, 1.807) is 24.3 Å². The zero-order chi connectivity index (χ0) is 24.8. The van der Waals surface area contributed by atoms with Crippen molar-refractivity contribution in [3.05, 3.63) is 77.4 Å². The van der Waals surface area contributed by atoms with E-state index in [-0.39, 0.29) is 30.4 Å². The maximum Gasteiger partial charge on any atom is 0.287 e. The lowest BCUT2D eigenvalue weighted by atomic mass is 10.1. The lowest BCUT2D eigenvalue weighted by molar-refractivity contribution is -0.116. The molecule has 0 aliphatic rings. The van der Waals surface area contributed by atoms with Crippen molar-refractivity contribution in [2.45, 2.75) is 6.42 Å². The Bertz CT molecular complexity index is 1260. The van der Waals surface area contributed by atoms with Crippen LogP contribution in [0, 0.1) is 11.6 Å². The van der Waals surface area contributed by atoms with Gasteiger partial charge >= 0.3 is 0 Å². The first kappa shape index (κ1) is 24.0. The van der Waals surface area contributed by atoms with Gasteiger partial charge in [0.1, 0.15) is 17.2 Å². The number of carbonyl (C=O) groups is 3. The summed E-state index contributed by atoms with van der Waals surface area (Å²) in [5.74, 6) is -4.54. The molecule has 176 valence electrons. The molecule has 1 heterocycles. The van der Waals surface area contributed by atoms with Crippen LogP contribution in [-0.4, -0.2) is 46.1 Å². The topological polar surface area (TPSA) is 144 Å². The van der Waals surface area contributed by atoms with E-state index < -0.39 is 35.0 Å². The van der Waals surface area contributed by atoms with E-state index in [0.29, 0.717) is 15.9 Å². The molecule has 3 rings (SSSR count). The SMILES string of the molecule is C=CC(=O)NCCc1ccc(F)c(C(=O)n2nc(Nc3ccc(C(=O)NC)cc3)nc2N)c1F. The number of nitrogen functional groups attached to an aromatic ring is 1. The Morgan fingerprint density at radius 1 is 1.15 bits per heavy atom. The minimum absolute atomic E-state index is 0.0116. The van der Waals surface area contributed by atoms with Crippen LogP contribution >= 0.6 is 0 Å². The lowest BCUT2D eigenvalue weighted by Crippen LogP contribution is -2.24. The van der Waals surface area contributed by atoms with Crippen LogP contribution in [-0.2, 0) is 11.2 Å². The molecule has 0 saturated heterocycles. The maximum atomic E-state index is 14.9. The fourth-order valence-corrected chi connectivity index (χ4v) is 2.99. The second kappa shape index (κ2) is 10.3. The third-order valence-electron chi connectivity index (χ3n) is 4.72. The van der Waals surface area contributed by atoms with E-state index >= 15 is 0 Å². The second-order valence-corrected chi connectivity index (χ2v) is 6.93. The Balaban J connectivity index is 1.81. The van der Waals surface area contributed by atoms with E-state index in [9.17, 15) is 23.2 Å². The smallest absolute Gasteiger partial charge is 0.287 e. The second-order valence-electron chi connectivity index (χ2n) is 6.93. The summed E-state index contributed by atoms with van der Waals surface area (Å²) in [4.78, 5) is 39.6. The molecule has 0 saturated carbocycles. The molecule has 1 aromatic heterocycles. The highest BCUT2D eigenvalue weighted by Crippen LogP contribution is 2.21. The molecule has 2 amide bonds. The quantitative estimate of drug-likeness (QED) is 0.368. The predicted molar refractivity (Wildman–Crippen MR) is 121 cm³/mol. The molecule has 5 N–H and O–H groups in total. The van der Waals surface area contributed by atoms with Gasteiger partial charge in [0.15, 0.2) is 0 Å². The van der Waals surface area contributed by atoms with Crippen molar-refractivity contribution < 1.29 is 23.2 Å². The summed E-state index contributed by atoms with van der Waals surface area (Å²) in [7, 11) is 1.51. The molecule has 0 unspecified atom stereocenters. The normalized spacial score (nSPS) is 10.4. The van der Waals surface area contributed by atoms with Crippen LogP contribution < -0.4 is 21.7 Å². The Hall–Kier alpha value is -4.61. The van der Waals surface area contributed by atoms with Gasteiger partial charge in [-0.25, -0.2) is 8.78 Å². The highest BCUT2D eigenvalue weighted by Gasteiger charge is 2.25. The van der Waals surface area contributed by atoms with Crippen LogP contribution in [0.25, 0.3) is 0 Å². The number of carbonyl (C=O) groups excluding carboxylic acids is 3. The van der Waals surface area contributed by atoms with E-state index in [1.165, 1.54) is 13.1 Å². The van der Waals surface area contributed by atoms with Crippen LogP contribution in [0.3, 0.4) is 0 Å². The average molecular weight is 469 g/mol. The van der Waals surface area contributed by atoms with Crippen LogP contribution in [0.15, 0.2) is 49.1 Å². The number of anilines is 3. The fourth-order valence-electron chi connectivity index (χ4n) is 2.99. The molecule has 0 radical (unpaired) electrons. The Morgan fingerprint density at radius 3 is 2.50 bits per heavy atom. The van der Waals surface area contributed by atoms with Gasteiger partial charge in [0.25, 0.3) is 11.8 Å². The molecule has 10 nitrogen and oxygen atoms in total. The van der Waals surface area contributed by atoms with Crippen LogP contribution in [0.2, 0.25) is 0 Å². The number of hydrogen-bond donors (Lipinski definition) is 4. The van der Waals surface area contributed by atoms with Gasteiger partial charge in [0, 0.05) is 24.8 Å².